The number of hydrogen-bond donors (Lipinski definition) is 1. The number of hydrogen-bond acceptors (Lipinski definition) is 4. The van der Waals surface area contributed by atoms with Crippen LogP contribution in [0.4, 0.5) is 5.69 Å². The van der Waals surface area contributed by atoms with Gasteiger partial charge >= 0.3 is 0 Å². The van der Waals surface area contributed by atoms with Gasteiger partial charge in [0.05, 0.1) is 17.9 Å². The summed E-state index contributed by atoms with van der Waals surface area (Å²) >= 11 is 0. The Morgan fingerprint density at radius 1 is 1.47 bits per heavy atom. The summed E-state index contributed by atoms with van der Waals surface area (Å²) in [6.45, 7) is 2.64. The van der Waals surface area contributed by atoms with Crippen molar-refractivity contribution in [1.29, 1.82) is 0 Å². The van der Waals surface area contributed by atoms with Crippen molar-refractivity contribution >= 4 is 5.69 Å². The van der Waals surface area contributed by atoms with Crippen molar-refractivity contribution in [3.8, 4) is 0 Å². The van der Waals surface area contributed by atoms with Gasteiger partial charge in [-0.2, -0.15) is 0 Å². The number of nitrogens with zero attached hydrogens (tertiary/aromatic N) is 4. The highest BCUT2D eigenvalue weighted by Gasteiger charge is 2.00. The maximum atomic E-state index is 4.19. The number of aromatic nitrogens is 4. The van der Waals surface area contributed by atoms with Crippen LogP contribution in [0.15, 0.2) is 24.5 Å². The minimum atomic E-state index is 0.667. The number of rotatable bonds is 3. The highest BCUT2D eigenvalue weighted by Crippen LogP contribution is 2.10. The van der Waals surface area contributed by atoms with Crippen molar-refractivity contribution in [2.75, 3.05) is 5.32 Å². The largest absolute Gasteiger partial charge is 0.378 e. The summed E-state index contributed by atoms with van der Waals surface area (Å²) < 4.78 is 1.69. The molecule has 0 saturated heterocycles. The molecule has 2 aromatic heterocycles. The number of aryl methyl sites for hydroxylation is 2. The highest BCUT2D eigenvalue weighted by atomic mass is 15.4. The van der Waals surface area contributed by atoms with E-state index >= 15 is 0 Å². The lowest BCUT2D eigenvalue weighted by molar-refractivity contribution is 0.713. The van der Waals surface area contributed by atoms with Crippen LogP contribution in [0.1, 0.15) is 11.4 Å². The second-order valence-electron chi connectivity index (χ2n) is 3.37. The van der Waals surface area contributed by atoms with Gasteiger partial charge in [0.25, 0.3) is 0 Å². The summed E-state index contributed by atoms with van der Waals surface area (Å²) in [7, 11) is 1.85. The van der Waals surface area contributed by atoms with E-state index in [0.717, 1.165) is 17.1 Å². The predicted molar refractivity (Wildman–Crippen MR) is 57.3 cm³/mol. The molecule has 0 aliphatic carbocycles. The number of nitrogens with one attached hydrogen (secondary N) is 1. The second kappa shape index (κ2) is 4.08. The smallest absolute Gasteiger partial charge is 0.102 e. The van der Waals surface area contributed by atoms with E-state index in [2.05, 4.69) is 20.6 Å². The topological polar surface area (TPSA) is 55.6 Å². The Bertz CT molecular complexity index is 449. The van der Waals surface area contributed by atoms with Crippen molar-refractivity contribution in [2.24, 2.45) is 7.05 Å². The number of anilines is 1. The maximum Gasteiger partial charge on any atom is 0.102 e. The van der Waals surface area contributed by atoms with Gasteiger partial charge in [-0.15, -0.1) is 5.10 Å². The zero-order valence-corrected chi connectivity index (χ0v) is 8.81. The van der Waals surface area contributed by atoms with Crippen LogP contribution in [0.25, 0.3) is 0 Å². The van der Waals surface area contributed by atoms with Crippen molar-refractivity contribution in [2.45, 2.75) is 13.5 Å². The van der Waals surface area contributed by atoms with Crippen LogP contribution in [0.5, 0.6) is 0 Å². The van der Waals surface area contributed by atoms with E-state index in [9.17, 15) is 0 Å². The molecule has 0 radical (unpaired) electrons. The lowest BCUT2D eigenvalue weighted by atomic mass is 10.3. The molecule has 0 aromatic carbocycles. The van der Waals surface area contributed by atoms with Crippen LogP contribution in [-0.4, -0.2) is 20.0 Å². The molecule has 0 spiro atoms. The Morgan fingerprint density at radius 2 is 2.33 bits per heavy atom. The van der Waals surface area contributed by atoms with Gasteiger partial charge < -0.3 is 5.32 Å². The van der Waals surface area contributed by atoms with Gasteiger partial charge in [-0.25, -0.2) is 0 Å². The highest BCUT2D eigenvalue weighted by molar-refractivity contribution is 5.46. The monoisotopic (exact) mass is 203 g/mol. The van der Waals surface area contributed by atoms with Gasteiger partial charge in [-0.05, 0) is 19.1 Å². The van der Waals surface area contributed by atoms with E-state index < -0.39 is 0 Å². The lowest BCUT2D eigenvalue weighted by Gasteiger charge is -2.05. The molecule has 0 fully saturated rings. The van der Waals surface area contributed by atoms with Crippen molar-refractivity contribution in [1.82, 2.24) is 20.0 Å². The summed E-state index contributed by atoms with van der Waals surface area (Å²) in [5.74, 6) is 0. The Kier molecular flexibility index (Phi) is 2.62. The van der Waals surface area contributed by atoms with Gasteiger partial charge in [-0.1, -0.05) is 5.21 Å². The van der Waals surface area contributed by atoms with E-state index in [1.807, 2.05) is 32.3 Å². The molecule has 0 atom stereocenters. The van der Waals surface area contributed by atoms with E-state index in [-0.39, 0.29) is 0 Å². The number of pyridine rings is 1. The van der Waals surface area contributed by atoms with Gasteiger partial charge in [-0.3, -0.25) is 9.67 Å². The molecule has 2 aromatic rings. The van der Waals surface area contributed by atoms with Crippen molar-refractivity contribution < 1.29 is 0 Å². The molecule has 0 bridgehead atoms. The SMILES string of the molecule is Cc1ncccc1NCc1cn(C)nn1. The third-order valence-corrected chi connectivity index (χ3v) is 2.12. The molecular formula is C10H13N5. The first-order chi connectivity index (χ1) is 7.25. The third kappa shape index (κ3) is 2.31. The van der Waals surface area contributed by atoms with Gasteiger partial charge in [0.15, 0.2) is 0 Å². The molecule has 0 aliphatic heterocycles. The Balaban J connectivity index is 2.02. The Labute approximate surface area is 88.1 Å². The minimum Gasteiger partial charge on any atom is -0.378 e. The lowest BCUT2D eigenvalue weighted by Crippen LogP contribution is -2.02. The third-order valence-electron chi connectivity index (χ3n) is 2.12. The van der Waals surface area contributed by atoms with Gasteiger partial charge in [0, 0.05) is 19.4 Å². The molecule has 0 unspecified atom stereocenters. The molecule has 78 valence electrons. The van der Waals surface area contributed by atoms with Crippen LogP contribution >= 0.6 is 0 Å². The summed E-state index contributed by atoms with van der Waals surface area (Å²) in [5, 5.41) is 11.1. The molecule has 1 N–H and O–H groups in total. The average molecular weight is 203 g/mol. The molecule has 0 saturated carbocycles. The zero-order valence-electron chi connectivity index (χ0n) is 8.81. The molecule has 0 aliphatic rings. The van der Waals surface area contributed by atoms with Crippen molar-refractivity contribution in [3.63, 3.8) is 0 Å². The normalized spacial score (nSPS) is 10.3. The quantitative estimate of drug-likeness (QED) is 0.812. The fraction of sp³-hybridized carbons (Fsp3) is 0.300. The van der Waals surface area contributed by atoms with Gasteiger partial charge in [0.1, 0.15) is 5.69 Å². The molecule has 5 heteroatoms. The molecule has 5 nitrogen and oxygen atoms in total. The fourth-order valence-corrected chi connectivity index (χ4v) is 1.33. The van der Waals surface area contributed by atoms with E-state index in [0.29, 0.717) is 6.54 Å². The van der Waals surface area contributed by atoms with Gasteiger partial charge in [0.2, 0.25) is 0 Å². The molecule has 15 heavy (non-hydrogen) atoms. The summed E-state index contributed by atoms with van der Waals surface area (Å²) in [5.41, 5.74) is 2.94. The van der Waals surface area contributed by atoms with Crippen molar-refractivity contribution in [3.05, 3.63) is 35.9 Å². The van der Waals surface area contributed by atoms with E-state index in [1.54, 1.807) is 10.9 Å². The predicted octanol–water partition coefficient (Wildman–Crippen LogP) is 1.13. The molecule has 2 heterocycles. The summed E-state index contributed by atoms with van der Waals surface area (Å²) in [6.07, 6.45) is 3.67. The zero-order chi connectivity index (χ0) is 10.7. The molecule has 0 amide bonds. The van der Waals surface area contributed by atoms with Crippen LogP contribution < -0.4 is 5.32 Å². The minimum absolute atomic E-state index is 0.667. The summed E-state index contributed by atoms with van der Waals surface area (Å²) in [6, 6.07) is 3.91. The second-order valence-corrected chi connectivity index (χ2v) is 3.37. The molecule has 2 rings (SSSR count). The average Bonchev–Trinajstić information content (AvgIpc) is 2.63. The van der Waals surface area contributed by atoms with Crippen LogP contribution in [0.2, 0.25) is 0 Å². The van der Waals surface area contributed by atoms with Crippen LogP contribution in [-0.2, 0) is 13.6 Å². The van der Waals surface area contributed by atoms with E-state index in [4.69, 9.17) is 0 Å². The molecular weight excluding hydrogens is 190 g/mol. The first kappa shape index (κ1) is 9.64. The fourth-order valence-electron chi connectivity index (χ4n) is 1.33. The first-order valence-electron chi connectivity index (χ1n) is 4.76. The first-order valence-corrected chi connectivity index (χ1v) is 4.76. The standard InChI is InChI=1S/C10H13N5/c1-8-10(4-3-5-11-8)12-6-9-7-15(2)14-13-9/h3-5,7,12H,6H2,1-2H3. The van der Waals surface area contributed by atoms with E-state index in [1.165, 1.54) is 0 Å². The Morgan fingerprint density at radius 3 is 3.00 bits per heavy atom. The summed E-state index contributed by atoms with van der Waals surface area (Å²) in [4.78, 5) is 4.19. The van der Waals surface area contributed by atoms with Crippen LogP contribution in [0.3, 0.4) is 0 Å². The Hall–Kier alpha value is -1.91. The van der Waals surface area contributed by atoms with Crippen LogP contribution in [0, 0.1) is 6.92 Å². The maximum absolute atomic E-state index is 4.19.